The number of nitrogens with zero attached hydrogens (tertiary/aromatic N) is 3. The van der Waals surface area contributed by atoms with Crippen molar-refractivity contribution in [1.82, 2.24) is 14.7 Å². The molecule has 1 atom stereocenters. The lowest BCUT2D eigenvalue weighted by Crippen LogP contribution is -2.34. The van der Waals surface area contributed by atoms with Gasteiger partial charge in [0.2, 0.25) is 5.88 Å². The molecule has 0 spiro atoms. The zero-order chi connectivity index (χ0) is 26.2. The van der Waals surface area contributed by atoms with E-state index in [0.717, 1.165) is 34.1 Å². The highest BCUT2D eigenvalue weighted by atomic mass is 16.5. The van der Waals surface area contributed by atoms with Gasteiger partial charge in [-0.3, -0.25) is 4.90 Å². The molecule has 0 saturated carbocycles. The molecule has 0 radical (unpaired) electrons. The average molecular weight is 514 g/mol. The molecule has 0 bridgehead atoms. The molecule has 0 amide bonds. The fourth-order valence-corrected chi connectivity index (χ4v) is 4.32. The van der Waals surface area contributed by atoms with Crippen molar-refractivity contribution in [1.29, 1.82) is 0 Å². The highest BCUT2D eigenvalue weighted by Crippen LogP contribution is 2.34. The third-order valence-electron chi connectivity index (χ3n) is 6.04. The molecule has 38 heavy (non-hydrogen) atoms. The van der Waals surface area contributed by atoms with Gasteiger partial charge in [0.05, 0.1) is 37.3 Å². The van der Waals surface area contributed by atoms with E-state index in [9.17, 15) is 5.11 Å². The highest BCUT2D eigenvalue weighted by molar-refractivity contribution is 5.65. The van der Waals surface area contributed by atoms with Gasteiger partial charge in [-0.25, -0.2) is 4.68 Å². The van der Waals surface area contributed by atoms with Crippen molar-refractivity contribution < 1.29 is 23.4 Å². The molecule has 0 aliphatic rings. The summed E-state index contributed by atoms with van der Waals surface area (Å²) >= 11 is 0. The van der Waals surface area contributed by atoms with Gasteiger partial charge < -0.3 is 23.4 Å². The molecule has 8 nitrogen and oxygen atoms in total. The molecule has 196 valence electrons. The predicted molar refractivity (Wildman–Crippen MR) is 142 cm³/mol. The summed E-state index contributed by atoms with van der Waals surface area (Å²) < 4.78 is 24.7. The molecular weight excluding hydrogens is 482 g/mol. The second-order valence-corrected chi connectivity index (χ2v) is 9.03. The van der Waals surface area contributed by atoms with Crippen LogP contribution in [0.1, 0.15) is 17.1 Å². The van der Waals surface area contributed by atoms with E-state index < -0.39 is 6.10 Å². The summed E-state index contributed by atoms with van der Waals surface area (Å²) in [6, 6.07) is 27.1. The average Bonchev–Trinajstić information content (AvgIpc) is 3.70. The molecule has 0 saturated heterocycles. The molecule has 5 aromatic rings. The minimum atomic E-state index is -0.727. The second kappa shape index (κ2) is 12.4. The summed E-state index contributed by atoms with van der Waals surface area (Å²) in [4.78, 5) is 2.11. The van der Waals surface area contributed by atoms with Crippen LogP contribution in [-0.4, -0.2) is 39.0 Å². The van der Waals surface area contributed by atoms with Crippen LogP contribution in [0.5, 0.6) is 11.6 Å². The van der Waals surface area contributed by atoms with Gasteiger partial charge in [-0.05, 0) is 36.4 Å². The maximum atomic E-state index is 10.9. The number of aromatic nitrogens is 2. The summed E-state index contributed by atoms with van der Waals surface area (Å²) in [6.07, 6.45) is 2.53. The first-order chi connectivity index (χ1) is 18.7. The summed E-state index contributed by atoms with van der Waals surface area (Å²) in [5, 5.41) is 15.7. The zero-order valence-corrected chi connectivity index (χ0v) is 21.3. The van der Waals surface area contributed by atoms with Gasteiger partial charge in [-0.15, -0.1) is 0 Å². The van der Waals surface area contributed by atoms with Crippen LogP contribution < -0.4 is 4.74 Å². The van der Waals surface area contributed by atoms with Crippen LogP contribution in [0.15, 0.2) is 106 Å². The van der Waals surface area contributed by atoms with Crippen molar-refractivity contribution in [2.75, 3.05) is 13.2 Å². The van der Waals surface area contributed by atoms with Gasteiger partial charge in [0, 0.05) is 25.7 Å². The lowest BCUT2D eigenvalue weighted by Gasteiger charge is -2.25. The number of furan rings is 2. The Labute approximate surface area is 221 Å². The molecular formula is C30H31N3O5. The summed E-state index contributed by atoms with van der Waals surface area (Å²) in [5.41, 5.74) is 2.73. The Bertz CT molecular complexity index is 1370. The smallest absolute Gasteiger partial charge is 0.222 e. The van der Waals surface area contributed by atoms with Crippen LogP contribution in [-0.2, 0) is 31.5 Å². The van der Waals surface area contributed by atoms with Crippen LogP contribution in [0, 0.1) is 0 Å². The lowest BCUT2D eigenvalue weighted by atomic mass is 10.1. The molecule has 5 rings (SSSR count). The predicted octanol–water partition coefficient (Wildman–Crippen LogP) is 5.65. The first-order valence-corrected chi connectivity index (χ1v) is 12.5. The van der Waals surface area contributed by atoms with Gasteiger partial charge in [0.1, 0.15) is 29.6 Å². The Morgan fingerprint density at radius 1 is 0.868 bits per heavy atom. The molecule has 0 unspecified atom stereocenters. The molecule has 8 heteroatoms. The van der Waals surface area contributed by atoms with Crippen molar-refractivity contribution in [3.63, 3.8) is 0 Å². The van der Waals surface area contributed by atoms with E-state index in [2.05, 4.69) is 4.90 Å². The molecule has 2 aromatic carbocycles. The van der Waals surface area contributed by atoms with Crippen LogP contribution in [0.2, 0.25) is 0 Å². The van der Waals surface area contributed by atoms with Crippen molar-refractivity contribution in [3.05, 3.63) is 115 Å². The fourth-order valence-electron chi connectivity index (χ4n) is 4.32. The second-order valence-electron chi connectivity index (χ2n) is 9.03. The number of hydrogen-bond donors (Lipinski definition) is 1. The summed E-state index contributed by atoms with van der Waals surface area (Å²) in [5.74, 6) is 2.88. The van der Waals surface area contributed by atoms with Gasteiger partial charge in [0.25, 0.3) is 0 Å². The van der Waals surface area contributed by atoms with Crippen molar-refractivity contribution in [2.45, 2.75) is 25.8 Å². The number of aryl methyl sites for hydroxylation is 1. The monoisotopic (exact) mass is 513 g/mol. The van der Waals surface area contributed by atoms with E-state index in [0.29, 0.717) is 32.1 Å². The molecule has 0 aliphatic carbocycles. The Balaban J connectivity index is 1.40. The lowest BCUT2D eigenvalue weighted by molar-refractivity contribution is 0.00156. The van der Waals surface area contributed by atoms with Crippen molar-refractivity contribution >= 4 is 0 Å². The Morgan fingerprint density at radius 3 is 2.24 bits per heavy atom. The van der Waals surface area contributed by atoms with E-state index in [1.807, 2.05) is 92.0 Å². The molecule has 3 heterocycles. The first kappa shape index (κ1) is 25.5. The van der Waals surface area contributed by atoms with Crippen LogP contribution in [0.4, 0.5) is 0 Å². The molecule has 0 aliphatic heterocycles. The third-order valence-corrected chi connectivity index (χ3v) is 6.04. The van der Waals surface area contributed by atoms with Gasteiger partial charge in [0.15, 0.2) is 0 Å². The summed E-state index contributed by atoms with van der Waals surface area (Å²) in [6.45, 7) is 1.79. The number of ether oxygens (including phenoxy) is 2. The van der Waals surface area contributed by atoms with E-state index in [-0.39, 0.29) is 6.61 Å². The number of aliphatic hydroxyl groups is 1. The van der Waals surface area contributed by atoms with E-state index >= 15 is 0 Å². The Hall–Kier alpha value is -4.11. The van der Waals surface area contributed by atoms with Crippen LogP contribution in [0.3, 0.4) is 0 Å². The number of hydrogen-bond acceptors (Lipinski definition) is 7. The standard InChI is InChI=1S/C30H31N3O5/c1-32-30(38-25-12-6-3-7-13-25)28(29(31-32)23-10-4-2-5-11-23)20-33(19-26-14-8-16-36-26)18-24(34)21-35-22-27-15-9-17-37-27/h2-17,24,34H,18-22H2,1H3/t24-/m0/s1. The van der Waals surface area contributed by atoms with Crippen molar-refractivity contribution in [2.24, 2.45) is 7.05 Å². The number of benzene rings is 2. The van der Waals surface area contributed by atoms with Gasteiger partial charge in [-0.2, -0.15) is 5.10 Å². The molecule has 0 fully saturated rings. The first-order valence-electron chi connectivity index (χ1n) is 12.5. The quantitative estimate of drug-likeness (QED) is 0.218. The Kier molecular flexibility index (Phi) is 8.35. The SMILES string of the molecule is Cn1nc(-c2ccccc2)c(CN(Cc2ccco2)C[C@H](O)COCc2ccco2)c1Oc1ccccc1. The zero-order valence-electron chi connectivity index (χ0n) is 21.3. The highest BCUT2D eigenvalue weighted by Gasteiger charge is 2.24. The normalized spacial score (nSPS) is 12.2. The van der Waals surface area contributed by atoms with Crippen LogP contribution >= 0.6 is 0 Å². The number of para-hydroxylation sites is 1. The third kappa shape index (κ3) is 6.60. The number of aliphatic hydroxyl groups excluding tert-OH is 1. The minimum Gasteiger partial charge on any atom is -0.468 e. The Morgan fingerprint density at radius 2 is 1.55 bits per heavy atom. The summed E-state index contributed by atoms with van der Waals surface area (Å²) in [7, 11) is 1.88. The maximum Gasteiger partial charge on any atom is 0.222 e. The van der Waals surface area contributed by atoms with Gasteiger partial charge >= 0.3 is 0 Å². The molecule has 3 aromatic heterocycles. The largest absolute Gasteiger partial charge is 0.468 e. The molecule has 1 N–H and O–H groups in total. The van der Waals surface area contributed by atoms with Crippen LogP contribution in [0.25, 0.3) is 11.3 Å². The van der Waals surface area contributed by atoms with E-state index in [1.165, 1.54) is 0 Å². The van der Waals surface area contributed by atoms with E-state index in [1.54, 1.807) is 17.2 Å². The topological polar surface area (TPSA) is 86.0 Å². The van der Waals surface area contributed by atoms with Gasteiger partial charge in [-0.1, -0.05) is 48.5 Å². The number of rotatable bonds is 13. The fraction of sp³-hybridized carbons (Fsp3) is 0.233. The maximum absolute atomic E-state index is 10.9. The minimum absolute atomic E-state index is 0.168. The van der Waals surface area contributed by atoms with Crippen molar-refractivity contribution in [3.8, 4) is 22.9 Å². The van der Waals surface area contributed by atoms with E-state index in [4.69, 9.17) is 23.4 Å².